The van der Waals surface area contributed by atoms with Gasteiger partial charge in [-0.3, -0.25) is 24.1 Å². The summed E-state index contributed by atoms with van der Waals surface area (Å²) >= 11 is 0. The predicted octanol–water partition coefficient (Wildman–Crippen LogP) is 4.93. The van der Waals surface area contributed by atoms with E-state index in [-0.39, 0.29) is 16.8 Å². The standard InChI is InChI=1S/C23H19N3O4S/c1-15(27)24-18-10-6-17(7-11-18)23-14-21(16-8-12-19(13-9-16)26(28)29)25-20-4-2-3-5-22(20)31(23)30/h2-13,23H,14H2,1H3,(H,24,27). The first-order valence-electron chi connectivity index (χ1n) is 9.62. The van der Waals surface area contributed by atoms with E-state index in [0.717, 1.165) is 11.1 Å². The molecule has 1 amide bonds. The highest BCUT2D eigenvalue weighted by Crippen LogP contribution is 2.38. The Hall–Kier alpha value is -3.65. The van der Waals surface area contributed by atoms with E-state index in [1.807, 2.05) is 36.4 Å². The summed E-state index contributed by atoms with van der Waals surface area (Å²) in [6, 6.07) is 20.8. The number of hydrogen-bond donors (Lipinski definition) is 1. The van der Waals surface area contributed by atoms with Gasteiger partial charge in [-0.2, -0.15) is 0 Å². The van der Waals surface area contributed by atoms with E-state index >= 15 is 0 Å². The van der Waals surface area contributed by atoms with E-state index in [4.69, 9.17) is 4.99 Å². The zero-order valence-corrected chi connectivity index (χ0v) is 17.5. The molecule has 4 rings (SSSR count). The highest BCUT2D eigenvalue weighted by molar-refractivity contribution is 7.85. The Kier molecular flexibility index (Phi) is 5.73. The van der Waals surface area contributed by atoms with Crippen LogP contribution in [0.1, 0.15) is 29.7 Å². The van der Waals surface area contributed by atoms with E-state index in [0.29, 0.717) is 28.4 Å². The van der Waals surface area contributed by atoms with Gasteiger partial charge in [0, 0.05) is 36.9 Å². The van der Waals surface area contributed by atoms with Crippen LogP contribution in [-0.4, -0.2) is 20.8 Å². The number of carbonyl (C=O) groups is 1. The van der Waals surface area contributed by atoms with Crippen molar-refractivity contribution in [2.75, 3.05) is 5.32 Å². The van der Waals surface area contributed by atoms with Gasteiger partial charge >= 0.3 is 0 Å². The lowest BCUT2D eigenvalue weighted by Gasteiger charge is -2.17. The maximum atomic E-state index is 13.5. The van der Waals surface area contributed by atoms with E-state index < -0.39 is 15.7 Å². The summed E-state index contributed by atoms with van der Waals surface area (Å²) in [6.07, 6.45) is 0.401. The number of hydrogen-bond acceptors (Lipinski definition) is 5. The quantitative estimate of drug-likeness (QED) is 0.466. The average Bonchev–Trinajstić information content (AvgIpc) is 2.91. The molecule has 2 atom stereocenters. The van der Waals surface area contributed by atoms with Crippen molar-refractivity contribution in [1.29, 1.82) is 0 Å². The number of para-hydroxylation sites is 1. The number of benzene rings is 3. The summed E-state index contributed by atoms with van der Waals surface area (Å²) in [4.78, 5) is 27.2. The first-order valence-corrected chi connectivity index (χ1v) is 10.8. The van der Waals surface area contributed by atoms with Crippen LogP contribution in [-0.2, 0) is 15.6 Å². The molecule has 1 N–H and O–H groups in total. The molecule has 1 heterocycles. The van der Waals surface area contributed by atoms with Gasteiger partial charge in [-0.1, -0.05) is 24.3 Å². The normalized spacial score (nSPS) is 17.8. The first kappa shape index (κ1) is 20.6. The molecule has 0 aromatic heterocycles. The first-order chi connectivity index (χ1) is 14.9. The lowest BCUT2D eigenvalue weighted by Crippen LogP contribution is -2.12. The Balaban J connectivity index is 1.75. The minimum absolute atomic E-state index is 0.00654. The molecule has 3 aromatic carbocycles. The second-order valence-electron chi connectivity index (χ2n) is 7.12. The number of aliphatic imine (C=N–C) groups is 1. The molecule has 0 radical (unpaired) electrons. The Morgan fingerprint density at radius 1 is 1.06 bits per heavy atom. The lowest BCUT2D eigenvalue weighted by atomic mass is 10.0. The molecule has 31 heavy (non-hydrogen) atoms. The third-order valence-corrected chi connectivity index (χ3v) is 6.72. The molecule has 0 bridgehead atoms. The summed E-state index contributed by atoms with van der Waals surface area (Å²) in [5.74, 6) is -0.160. The molecule has 1 aliphatic rings. The van der Waals surface area contributed by atoms with Gasteiger partial charge in [0.15, 0.2) is 0 Å². The molecule has 0 saturated heterocycles. The summed E-state index contributed by atoms with van der Waals surface area (Å²) in [5.41, 5.74) is 3.63. The van der Waals surface area contributed by atoms with Crippen LogP contribution in [0.15, 0.2) is 82.7 Å². The fraction of sp³-hybridized carbons (Fsp3) is 0.130. The summed E-state index contributed by atoms with van der Waals surface area (Å²) in [5, 5.41) is 13.4. The summed E-state index contributed by atoms with van der Waals surface area (Å²) in [6.45, 7) is 1.44. The monoisotopic (exact) mass is 433 g/mol. The minimum Gasteiger partial charge on any atom is -0.326 e. The second kappa shape index (κ2) is 8.61. The number of anilines is 1. The fourth-order valence-corrected chi connectivity index (χ4v) is 5.05. The average molecular weight is 433 g/mol. The van der Waals surface area contributed by atoms with Gasteiger partial charge in [-0.05, 0) is 47.5 Å². The summed E-state index contributed by atoms with van der Waals surface area (Å²) < 4.78 is 13.5. The number of nitrogens with one attached hydrogen (secondary N) is 1. The minimum atomic E-state index is -1.35. The van der Waals surface area contributed by atoms with Crippen molar-refractivity contribution >= 4 is 39.5 Å². The van der Waals surface area contributed by atoms with Crippen molar-refractivity contribution in [3.05, 3.63) is 94.0 Å². The SMILES string of the molecule is CC(=O)Nc1ccc(C2CC(c3ccc([N+](=O)[O-])cc3)=Nc3ccccc3S2=O)cc1. The maximum Gasteiger partial charge on any atom is 0.269 e. The van der Waals surface area contributed by atoms with Crippen LogP contribution in [0.3, 0.4) is 0 Å². The Labute approximate surface area is 181 Å². The summed E-state index contributed by atoms with van der Waals surface area (Å²) in [7, 11) is -1.35. The molecular weight excluding hydrogens is 414 g/mol. The predicted molar refractivity (Wildman–Crippen MR) is 120 cm³/mol. The van der Waals surface area contributed by atoms with Crippen molar-refractivity contribution in [3.8, 4) is 0 Å². The number of nitro groups is 1. The zero-order valence-electron chi connectivity index (χ0n) is 16.6. The molecule has 0 saturated carbocycles. The van der Waals surface area contributed by atoms with Crippen LogP contribution in [0.25, 0.3) is 0 Å². The Bertz CT molecular complexity index is 1200. The van der Waals surface area contributed by atoms with Gasteiger partial charge < -0.3 is 5.32 Å². The Morgan fingerprint density at radius 2 is 1.74 bits per heavy atom. The molecule has 2 unspecified atom stereocenters. The third-order valence-electron chi connectivity index (χ3n) is 4.99. The van der Waals surface area contributed by atoms with Crippen LogP contribution >= 0.6 is 0 Å². The lowest BCUT2D eigenvalue weighted by molar-refractivity contribution is -0.384. The number of nitro benzene ring substituents is 1. The highest BCUT2D eigenvalue weighted by Gasteiger charge is 2.28. The van der Waals surface area contributed by atoms with Gasteiger partial charge in [-0.25, -0.2) is 0 Å². The van der Waals surface area contributed by atoms with Crippen molar-refractivity contribution in [2.24, 2.45) is 4.99 Å². The molecular formula is C23H19N3O4S. The molecule has 8 heteroatoms. The van der Waals surface area contributed by atoms with Gasteiger partial charge in [-0.15, -0.1) is 0 Å². The van der Waals surface area contributed by atoms with Crippen molar-refractivity contribution < 1.29 is 13.9 Å². The molecule has 156 valence electrons. The van der Waals surface area contributed by atoms with Crippen LogP contribution in [0, 0.1) is 10.1 Å². The van der Waals surface area contributed by atoms with E-state index in [2.05, 4.69) is 5.32 Å². The van der Waals surface area contributed by atoms with Crippen LogP contribution in [0.4, 0.5) is 17.1 Å². The number of non-ortho nitro benzene ring substituents is 1. The van der Waals surface area contributed by atoms with Crippen molar-refractivity contribution in [1.82, 2.24) is 0 Å². The Morgan fingerprint density at radius 3 is 2.39 bits per heavy atom. The smallest absolute Gasteiger partial charge is 0.269 e. The molecule has 0 fully saturated rings. The number of amides is 1. The second-order valence-corrected chi connectivity index (χ2v) is 8.73. The number of rotatable bonds is 4. The largest absolute Gasteiger partial charge is 0.326 e. The highest BCUT2D eigenvalue weighted by atomic mass is 32.2. The third kappa shape index (κ3) is 4.44. The molecule has 7 nitrogen and oxygen atoms in total. The molecule has 0 aliphatic carbocycles. The number of fused-ring (bicyclic) bond motifs is 1. The van der Waals surface area contributed by atoms with E-state index in [1.165, 1.54) is 19.1 Å². The molecule has 1 aliphatic heterocycles. The van der Waals surface area contributed by atoms with Crippen LogP contribution < -0.4 is 5.32 Å². The van der Waals surface area contributed by atoms with Gasteiger partial charge in [0.25, 0.3) is 5.69 Å². The molecule has 0 spiro atoms. The van der Waals surface area contributed by atoms with Crippen LogP contribution in [0.5, 0.6) is 0 Å². The van der Waals surface area contributed by atoms with Gasteiger partial charge in [0.1, 0.15) is 0 Å². The maximum absolute atomic E-state index is 13.5. The fourth-order valence-electron chi connectivity index (χ4n) is 3.50. The topological polar surface area (TPSA) is 102 Å². The van der Waals surface area contributed by atoms with E-state index in [1.54, 1.807) is 24.3 Å². The van der Waals surface area contributed by atoms with Crippen molar-refractivity contribution in [3.63, 3.8) is 0 Å². The van der Waals surface area contributed by atoms with E-state index in [9.17, 15) is 19.1 Å². The van der Waals surface area contributed by atoms with Gasteiger partial charge in [0.05, 0.1) is 31.6 Å². The number of nitrogens with zero attached hydrogens (tertiary/aromatic N) is 2. The van der Waals surface area contributed by atoms with Crippen molar-refractivity contribution in [2.45, 2.75) is 23.5 Å². The van der Waals surface area contributed by atoms with Crippen LogP contribution in [0.2, 0.25) is 0 Å². The zero-order chi connectivity index (χ0) is 22.0. The number of carbonyl (C=O) groups excluding carboxylic acids is 1. The molecule has 3 aromatic rings. The van der Waals surface area contributed by atoms with Gasteiger partial charge in [0.2, 0.25) is 5.91 Å².